The summed E-state index contributed by atoms with van der Waals surface area (Å²) >= 11 is 18.5. The second kappa shape index (κ2) is 8.65. The van der Waals surface area contributed by atoms with Gasteiger partial charge in [-0.25, -0.2) is 4.58 Å². The van der Waals surface area contributed by atoms with Crippen molar-refractivity contribution >= 4 is 53.4 Å². The van der Waals surface area contributed by atoms with Gasteiger partial charge in [0.2, 0.25) is 0 Å². The van der Waals surface area contributed by atoms with Crippen molar-refractivity contribution in [1.29, 1.82) is 0 Å². The summed E-state index contributed by atoms with van der Waals surface area (Å²) in [5, 5.41) is 12.6. The Kier molecular flexibility index (Phi) is 5.96. The number of aromatic hydroxyl groups is 1. The summed E-state index contributed by atoms with van der Waals surface area (Å²) in [6, 6.07) is 12.6. The Morgan fingerprint density at radius 3 is 2.63 bits per heavy atom. The minimum Gasteiger partial charge on any atom is -0.507 e. The lowest BCUT2D eigenvalue weighted by Crippen LogP contribution is -2.16. The van der Waals surface area contributed by atoms with E-state index in [0.29, 0.717) is 32.9 Å². The number of phenols is 1. The molecule has 1 aromatic heterocycles. The largest absolute Gasteiger partial charge is 0.507 e. The lowest BCUT2D eigenvalue weighted by Gasteiger charge is -2.21. The number of phenolic OH excluding ortho intramolecular Hbond substituents is 1. The molecule has 0 saturated heterocycles. The van der Waals surface area contributed by atoms with Crippen molar-refractivity contribution in [3.8, 4) is 5.75 Å². The highest BCUT2D eigenvalue weighted by atomic mass is 35.5. The number of hydrogen-bond donors (Lipinski definition) is 1. The third-order valence-electron chi connectivity index (χ3n) is 5.05. The van der Waals surface area contributed by atoms with Gasteiger partial charge in [0.05, 0.1) is 17.8 Å². The summed E-state index contributed by atoms with van der Waals surface area (Å²) in [7, 11) is 0. The molecule has 0 saturated carbocycles. The van der Waals surface area contributed by atoms with Crippen molar-refractivity contribution in [2.24, 2.45) is 0 Å². The molecule has 0 fully saturated rings. The van der Waals surface area contributed by atoms with E-state index in [1.165, 1.54) is 6.20 Å². The quantitative estimate of drug-likeness (QED) is 0.339. The summed E-state index contributed by atoms with van der Waals surface area (Å²) in [6.07, 6.45) is 10.1. The molecule has 0 spiro atoms. The smallest absolute Gasteiger partial charge is 0.324 e. The Hall–Kier alpha value is -2.59. The Balaban J connectivity index is 1.89. The van der Waals surface area contributed by atoms with Crippen LogP contribution in [-0.4, -0.2) is 21.4 Å². The monoisotopic (exact) mass is 455 g/mol. The first kappa shape index (κ1) is 20.7. The molecular formula is C24H18Cl3N2O+. The fourth-order valence-corrected chi connectivity index (χ4v) is 4.03. The van der Waals surface area contributed by atoms with E-state index in [-0.39, 0.29) is 5.75 Å². The van der Waals surface area contributed by atoms with Crippen molar-refractivity contribution in [3.05, 3.63) is 104 Å². The third kappa shape index (κ3) is 4.01. The maximum Gasteiger partial charge on any atom is 0.324 e. The van der Waals surface area contributed by atoms with Crippen LogP contribution in [0.1, 0.15) is 28.3 Å². The van der Waals surface area contributed by atoms with Crippen molar-refractivity contribution in [2.75, 3.05) is 0 Å². The number of pyridine rings is 1. The van der Waals surface area contributed by atoms with E-state index in [2.05, 4.69) is 11.7 Å². The first-order chi connectivity index (χ1) is 14.5. The molecule has 30 heavy (non-hydrogen) atoms. The average molecular weight is 457 g/mol. The number of fused-ring (bicyclic) bond motifs is 1. The van der Waals surface area contributed by atoms with Crippen LogP contribution in [0.25, 0.3) is 6.08 Å². The van der Waals surface area contributed by atoms with Gasteiger partial charge in [0.15, 0.2) is 12.2 Å². The molecule has 3 nitrogen and oxygen atoms in total. The molecule has 1 unspecified atom stereocenters. The number of nitrogens with zero attached hydrogens (tertiary/aromatic N) is 2. The summed E-state index contributed by atoms with van der Waals surface area (Å²) in [4.78, 5) is 4.38. The van der Waals surface area contributed by atoms with Gasteiger partial charge in [0.25, 0.3) is 0 Å². The van der Waals surface area contributed by atoms with Crippen LogP contribution in [0.2, 0.25) is 15.1 Å². The standard InChI is InChI=1S/C24H17Cl3N2O/c1-29(22-13-20(26)21(27)14-28-22)23(16-7-5-8-17(25)12-16)19-11-10-15-6-3-2-4-9-18(15)24(19)30/h2-8,10-14,23H,1,9H2/p+1. The van der Waals surface area contributed by atoms with Gasteiger partial charge in [0, 0.05) is 21.7 Å². The summed E-state index contributed by atoms with van der Waals surface area (Å²) in [6.45, 7) is 4.22. The predicted octanol–water partition coefficient (Wildman–Crippen LogP) is 7.01. The molecule has 4 rings (SSSR count). The molecule has 3 aromatic rings. The molecule has 1 aliphatic rings. The Morgan fingerprint density at radius 1 is 1.03 bits per heavy atom. The summed E-state index contributed by atoms with van der Waals surface area (Å²) in [5.74, 6) is 0.742. The van der Waals surface area contributed by atoms with Gasteiger partial charge < -0.3 is 5.11 Å². The second-order valence-electron chi connectivity index (χ2n) is 6.95. The fourth-order valence-electron chi connectivity index (χ4n) is 3.58. The van der Waals surface area contributed by atoms with E-state index < -0.39 is 6.04 Å². The van der Waals surface area contributed by atoms with Gasteiger partial charge in [-0.2, -0.15) is 0 Å². The zero-order valence-corrected chi connectivity index (χ0v) is 18.2. The van der Waals surface area contributed by atoms with E-state index >= 15 is 0 Å². The van der Waals surface area contributed by atoms with E-state index in [9.17, 15) is 5.11 Å². The van der Waals surface area contributed by atoms with Crippen molar-refractivity contribution in [1.82, 2.24) is 4.98 Å². The van der Waals surface area contributed by atoms with E-state index in [1.807, 2.05) is 54.6 Å². The van der Waals surface area contributed by atoms with E-state index in [0.717, 1.165) is 16.7 Å². The molecule has 0 amide bonds. The molecule has 0 aliphatic heterocycles. The molecule has 2 aromatic carbocycles. The van der Waals surface area contributed by atoms with Gasteiger partial charge in [-0.3, -0.25) is 0 Å². The highest BCUT2D eigenvalue weighted by Gasteiger charge is 2.29. The zero-order chi connectivity index (χ0) is 21.3. The second-order valence-corrected chi connectivity index (χ2v) is 8.20. The molecule has 1 heterocycles. The van der Waals surface area contributed by atoms with E-state index in [1.54, 1.807) is 16.7 Å². The molecule has 6 heteroatoms. The highest BCUT2D eigenvalue weighted by molar-refractivity contribution is 6.41. The maximum absolute atomic E-state index is 11.2. The lowest BCUT2D eigenvalue weighted by molar-refractivity contribution is -0.474. The molecule has 1 atom stereocenters. The maximum atomic E-state index is 11.2. The number of aromatic nitrogens is 1. The minimum absolute atomic E-state index is 0.224. The van der Waals surface area contributed by atoms with Crippen LogP contribution in [-0.2, 0) is 6.42 Å². The van der Waals surface area contributed by atoms with Gasteiger partial charge in [-0.15, -0.1) is 0 Å². The predicted molar refractivity (Wildman–Crippen MR) is 125 cm³/mol. The number of benzene rings is 2. The van der Waals surface area contributed by atoms with Gasteiger partial charge in [-0.1, -0.05) is 83.4 Å². The molecule has 1 aliphatic carbocycles. The Labute approximate surface area is 190 Å². The first-order valence-electron chi connectivity index (χ1n) is 9.30. The molecule has 150 valence electrons. The molecular weight excluding hydrogens is 439 g/mol. The van der Waals surface area contributed by atoms with Crippen LogP contribution in [0, 0.1) is 0 Å². The van der Waals surface area contributed by atoms with Gasteiger partial charge in [-0.05, 0) is 29.1 Å². The Bertz CT molecular complexity index is 1200. The number of rotatable bonds is 4. The van der Waals surface area contributed by atoms with Crippen molar-refractivity contribution in [3.63, 3.8) is 0 Å². The lowest BCUT2D eigenvalue weighted by atomic mass is 9.92. The Morgan fingerprint density at radius 2 is 1.87 bits per heavy atom. The van der Waals surface area contributed by atoms with E-state index in [4.69, 9.17) is 34.8 Å². The van der Waals surface area contributed by atoms with Crippen LogP contribution < -0.4 is 0 Å². The minimum atomic E-state index is -0.449. The summed E-state index contributed by atoms with van der Waals surface area (Å²) < 4.78 is 1.71. The third-order valence-corrected chi connectivity index (χ3v) is 6.00. The SMILES string of the molecule is C=[N+](c1cc(Cl)c(Cl)cn1)C(c1cccc(Cl)c1)c1ccc2c(c1O)CC=CC=C2. The molecule has 0 radical (unpaired) electrons. The van der Waals surface area contributed by atoms with Crippen LogP contribution in [0.15, 0.2) is 66.9 Å². The van der Waals surface area contributed by atoms with Gasteiger partial charge in [0.1, 0.15) is 10.8 Å². The van der Waals surface area contributed by atoms with Crippen molar-refractivity contribution in [2.45, 2.75) is 12.5 Å². The van der Waals surface area contributed by atoms with Crippen LogP contribution >= 0.6 is 34.8 Å². The van der Waals surface area contributed by atoms with Gasteiger partial charge >= 0.3 is 5.82 Å². The zero-order valence-electron chi connectivity index (χ0n) is 15.9. The number of allylic oxidation sites excluding steroid dienone is 3. The average Bonchev–Trinajstić information content (AvgIpc) is 2.98. The first-order valence-corrected chi connectivity index (χ1v) is 10.4. The highest BCUT2D eigenvalue weighted by Crippen LogP contribution is 2.40. The van der Waals surface area contributed by atoms with Crippen LogP contribution in [0.3, 0.4) is 0 Å². The van der Waals surface area contributed by atoms with Crippen LogP contribution in [0.4, 0.5) is 5.82 Å². The van der Waals surface area contributed by atoms with Crippen molar-refractivity contribution < 1.29 is 9.68 Å². The number of halogens is 3. The number of hydrogen-bond acceptors (Lipinski definition) is 2. The topological polar surface area (TPSA) is 36.1 Å². The fraction of sp³-hybridized carbons (Fsp3) is 0.0833. The molecule has 0 bridgehead atoms. The normalized spacial score (nSPS) is 13.6. The van der Waals surface area contributed by atoms with Crippen LogP contribution in [0.5, 0.6) is 5.75 Å². The summed E-state index contributed by atoms with van der Waals surface area (Å²) in [5.41, 5.74) is 3.40. The molecule has 1 N–H and O–H groups in total.